The molecule has 4 nitrogen and oxygen atoms in total. The van der Waals surface area contributed by atoms with Crippen LogP contribution < -0.4 is 10.1 Å². The molecule has 1 aromatic heterocycles. The van der Waals surface area contributed by atoms with Gasteiger partial charge in [-0.05, 0) is 38.3 Å². The molecule has 5 heteroatoms. The zero-order valence-corrected chi connectivity index (χ0v) is 11.3. The van der Waals surface area contributed by atoms with E-state index in [-0.39, 0.29) is 0 Å². The number of carboxylic acid groups (broad SMARTS) is 1. The number of rotatable bonds is 7. The van der Waals surface area contributed by atoms with Crippen molar-refractivity contribution >= 4 is 17.3 Å². The minimum Gasteiger partial charge on any atom is -0.496 e. The highest BCUT2D eigenvalue weighted by atomic mass is 32.1. The van der Waals surface area contributed by atoms with E-state index in [9.17, 15) is 4.79 Å². The number of hydrogen-bond acceptors (Lipinski definition) is 4. The van der Waals surface area contributed by atoms with Crippen molar-refractivity contribution in [2.75, 3.05) is 13.7 Å². The summed E-state index contributed by atoms with van der Waals surface area (Å²) in [7, 11) is 1.65. The van der Waals surface area contributed by atoms with Gasteiger partial charge in [0.05, 0.1) is 17.4 Å². The molecule has 0 saturated carbocycles. The molecular weight excluding hydrogens is 238 g/mol. The molecule has 0 aliphatic heterocycles. The molecule has 96 valence electrons. The number of methoxy groups -OCH3 is 1. The molecule has 17 heavy (non-hydrogen) atoms. The first-order valence-corrected chi connectivity index (χ1v) is 6.40. The lowest BCUT2D eigenvalue weighted by molar-refractivity contribution is -0.147. The molecular formula is C12H19NO3S. The first-order valence-electron chi connectivity index (χ1n) is 5.52. The lowest BCUT2D eigenvalue weighted by atomic mass is 9.90. The third-order valence-electron chi connectivity index (χ3n) is 2.72. The Kier molecular flexibility index (Phi) is 4.96. The van der Waals surface area contributed by atoms with Gasteiger partial charge in [-0.15, -0.1) is 11.3 Å². The van der Waals surface area contributed by atoms with Gasteiger partial charge in [0.1, 0.15) is 5.75 Å². The van der Waals surface area contributed by atoms with Crippen molar-refractivity contribution in [2.45, 2.75) is 26.8 Å². The second-order valence-corrected chi connectivity index (χ2v) is 5.53. The van der Waals surface area contributed by atoms with E-state index in [2.05, 4.69) is 5.32 Å². The molecule has 0 atom stereocenters. The van der Waals surface area contributed by atoms with Crippen LogP contribution in [0.25, 0.3) is 0 Å². The Morgan fingerprint density at radius 2 is 2.29 bits per heavy atom. The van der Waals surface area contributed by atoms with E-state index in [1.807, 2.05) is 11.4 Å². The van der Waals surface area contributed by atoms with Crippen LogP contribution in [0, 0.1) is 5.41 Å². The summed E-state index contributed by atoms with van der Waals surface area (Å²) < 4.78 is 5.20. The smallest absolute Gasteiger partial charge is 0.309 e. The highest BCUT2D eigenvalue weighted by molar-refractivity contribution is 7.10. The van der Waals surface area contributed by atoms with Gasteiger partial charge in [0.25, 0.3) is 0 Å². The highest BCUT2D eigenvalue weighted by Gasteiger charge is 2.26. The zero-order valence-electron chi connectivity index (χ0n) is 10.4. The van der Waals surface area contributed by atoms with Gasteiger partial charge in [-0.2, -0.15) is 0 Å². The minimum atomic E-state index is -0.756. The molecule has 0 bridgehead atoms. The standard InChI is InChI=1S/C12H19NO3S/c1-12(2,11(14)15)5-6-13-8-10-9(16-3)4-7-17-10/h4,7,13H,5-6,8H2,1-3H3,(H,14,15). The number of nitrogens with one attached hydrogen (secondary N) is 1. The average Bonchev–Trinajstić information content (AvgIpc) is 2.71. The van der Waals surface area contributed by atoms with Crippen molar-refractivity contribution in [1.29, 1.82) is 0 Å². The van der Waals surface area contributed by atoms with Crippen LogP contribution in [0.5, 0.6) is 5.75 Å². The second kappa shape index (κ2) is 6.02. The first-order chi connectivity index (χ1) is 7.97. The topological polar surface area (TPSA) is 58.6 Å². The van der Waals surface area contributed by atoms with Crippen LogP contribution in [-0.4, -0.2) is 24.7 Å². The lowest BCUT2D eigenvalue weighted by Crippen LogP contribution is -2.28. The number of aliphatic carboxylic acids is 1. The summed E-state index contributed by atoms with van der Waals surface area (Å²) in [6.07, 6.45) is 0.607. The molecule has 0 aliphatic rings. The summed E-state index contributed by atoms with van der Waals surface area (Å²) >= 11 is 1.63. The monoisotopic (exact) mass is 257 g/mol. The average molecular weight is 257 g/mol. The van der Waals surface area contributed by atoms with Gasteiger partial charge in [0.2, 0.25) is 0 Å². The fourth-order valence-corrected chi connectivity index (χ4v) is 2.16. The Morgan fingerprint density at radius 1 is 1.59 bits per heavy atom. The van der Waals surface area contributed by atoms with Gasteiger partial charge in [-0.1, -0.05) is 0 Å². The van der Waals surface area contributed by atoms with Crippen molar-refractivity contribution in [1.82, 2.24) is 5.32 Å². The highest BCUT2D eigenvalue weighted by Crippen LogP contribution is 2.24. The van der Waals surface area contributed by atoms with Crippen molar-refractivity contribution in [2.24, 2.45) is 5.41 Å². The Hall–Kier alpha value is -1.07. The van der Waals surface area contributed by atoms with E-state index >= 15 is 0 Å². The van der Waals surface area contributed by atoms with Crippen molar-refractivity contribution < 1.29 is 14.6 Å². The first kappa shape index (κ1) is 14.0. The van der Waals surface area contributed by atoms with Crippen LogP contribution in [0.4, 0.5) is 0 Å². The largest absolute Gasteiger partial charge is 0.496 e. The molecule has 0 aliphatic carbocycles. The summed E-state index contributed by atoms with van der Waals surface area (Å²) in [5.41, 5.74) is -0.674. The van der Waals surface area contributed by atoms with Crippen molar-refractivity contribution in [3.63, 3.8) is 0 Å². The van der Waals surface area contributed by atoms with E-state index in [0.29, 0.717) is 13.0 Å². The molecule has 0 radical (unpaired) electrons. The summed E-state index contributed by atoms with van der Waals surface area (Å²) in [6, 6.07) is 1.93. The lowest BCUT2D eigenvalue weighted by Gasteiger charge is -2.18. The molecule has 1 aromatic rings. The fraction of sp³-hybridized carbons (Fsp3) is 0.583. The number of thiophene rings is 1. The molecule has 0 unspecified atom stereocenters. The van der Waals surface area contributed by atoms with Gasteiger partial charge in [-0.3, -0.25) is 4.79 Å². The van der Waals surface area contributed by atoms with Crippen LogP contribution in [0.15, 0.2) is 11.4 Å². The number of ether oxygens (including phenoxy) is 1. The molecule has 2 N–H and O–H groups in total. The third kappa shape index (κ3) is 4.02. The number of carboxylic acids is 1. The summed E-state index contributed by atoms with van der Waals surface area (Å²) in [4.78, 5) is 12.0. The van der Waals surface area contributed by atoms with Gasteiger partial charge >= 0.3 is 5.97 Å². The molecule has 0 saturated heterocycles. The molecule has 0 fully saturated rings. The van der Waals surface area contributed by atoms with Crippen molar-refractivity contribution in [3.8, 4) is 5.75 Å². The molecule has 0 aromatic carbocycles. The van der Waals surface area contributed by atoms with E-state index in [1.54, 1.807) is 32.3 Å². The number of hydrogen-bond donors (Lipinski definition) is 2. The Balaban J connectivity index is 2.32. The van der Waals surface area contributed by atoms with Crippen LogP contribution in [0.2, 0.25) is 0 Å². The van der Waals surface area contributed by atoms with Crippen LogP contribution >= 0.6 is 11.3 Å². The quantitative estimate of drug-likeness (QED) is 0.736. The summed E-state index contributed by atoms with van der Waals surface area (Å²) in [6.45, 7) is 4.88. The van der Waals surface area contributed by atoms with Gasteiger partial charge in [0.15, 0.2) is 0 Å². The van der Waals surface area contributed by atoms with Crippen LogP contribution in [-0.2, 0) is 11.3 Å². The van der Waals surface area contributed by atoms with Gasteiger partial charge in [-0.25, -0.2) is 0 Å². The van der Waals surface area contributed by atoms with Crippen LogP contribution in [0.3, 0.4) is 0 Å². The summed E-state index contributed by atoms with van der Waals surface area (Å²) in [5, 5.41) is 14.2. The molecule has 0 amide bonds. The maximum absolute atomic E-state index is 10.9. The maximum atomic E-state index is 10.9. The zero-order chi connectivity index (χ0) is 12.9. The Bertz CT molecular complexity index is 374. The minimum absolute atomic E-state index is 0.607. The Labute approximate surface area is 106 Å². The van der Waals surface area contributed by atoms with E-state index < -0.39 is 11.4 Å². The SMILES string of the molecule is COc1ccsc1CNCCC(C)(C)C(=O)O. The molecule has 1 rings (SSSR count). The predicted octanol–water partition coefficient (Wildman–Crippen LogP) is 2.35. The Morgan fingerprint density at radius 3 is 2.88 bits per heavy atom. The van der Waals surface area contributed by atoms with E-state index in [0.717, 1.165) is 17.2 Å². The van der Waals surface area contributed by atoms with Crippen molar-refractivity contribution in [3.05, 3.63) is 16.3 Å². The summed E-state index contributed by atoms with van der Waals surface area (Å²) in [5.74, 6) is 0.132. The molecule has 0 spiro atoms. The normalized spacial score (nSPS) is 11.5. The van der Waals surface area contributed by atoms with Gasteiger partial charge in [0, 0.05) is 6.54 Å². The van der Waals surface area contributed by atoms with Crippen LogP contribution in [0.1, 0.15) is 25.1 Å². The third-order valence-corrected chi connectivity index (χ3v) is 3.62. The fourth-order valence-electron chi connectivity index (χ4n) is 1.35. The van der Waals surface area contributed by atoms with E-state index in [1.165, 1.54) is 0 Å². The molecule has 1 heterocycles. The number of carbonyl (C=O) groups is 1. The van der Waals surface area contributed by atoms with Gasteiger partial charge < -0.3 is 15.2 Å². The van der Waals surface area contributed by atoms with E-state index in [4.69, 9.17) is 9.84 Å². The second-order valence-electron chi connectivity index (χ2n) is 4.53. The maximum Gasteiger partial charge on any atom is 0.309 e. The predicted molar refractivity (Wildman–Crippen MR) is 68.6 cm³/mol.